The summed E-state index contributed by atoms with van der Waals surface area (Å²) in [5.41, 5.74) is 1.60. The predicted octanol–water partition coefficient (Wildman–Crippen LogP) is 3.70. The normalized spacial score (nSPS) is 12.7. The van der Waals surface area contributed by atoms with Crippen molar-refractivity contribution < 1.29 is 9.50 Å². The molecular weight excluding hydrogens is 302 g/mol. The molecule has 1 unspecified atom stereocenters. The fourth-order valence-electron chi connectivity index (χ4n) is 2.10. The molecule has 1 aromatic heterocycles. The Morgan fingerprint density at radius 3 is 2.70 bits per heavy atom. The molecule has 108 valence electrons. The predicted molar refractivity (Wildman–Crippen MR) is 77.7 cm³/mol. The van der Waals surface area contributed by atoms with Crippen LogP contribution in [0.25, 0.3) is 0 Å². The zero-order valence-electron chi connectivity index (χ0n) is 11.2. The van der Waals surface area contributed by atoms with Gasteiger partial charge in [-0.2, -0.15) is 5.10 Å². The summed E-state index contributed by atoms with van der Waals surface area (Å²) in [5.74, 6) is -0.490. The smallest absolute Gasteiger partial charge is 0.129 e. The lowest BCUT2D eigenvalue weighted by Crippen LogP contribution is -2.08. The Hall–Kier alpha value is -1.10. The van der Waals surface area contributed by atoms with E-state index in [1.165, 1.54) is 18.2 Å². The SMILES string of the molecule is CCc1nn(C)c(CC(O)c2cc(Cl)ccc2F)c1Cl. The van der Waals surface area contributed by atoms with E-state index in [0.29, 0.717) is 22.2 Å². The lowest BCUT2D eigenvalue weighted by Gasteiger charge is -2.13. The number of nitrogens with zero attached hydrogens (tertiary/aromatic N) is 2. The molecule has 0 spiro atoms. The van der Waals surface area contributed by atoms with Gasteiger partial charge in [0.15, 0.2) is 0 Å². The molecule has 1 atom stereocenters. The van der Waals surface area contributed by atoms with Crippen LogP contribution in [0.2, 0.25) is 10.0 Å². The van der Waals surface area contributed by atoms with Gasteiger partial charge in [-0.15, -0.1) is 0 Å². The summed E-state index contributed by atoms with van der Waals surface area (Å²) >= 11 is 12.0. The van der Waals surface area contributed by atoms with E-state index in [9.17, 15) is 9.50 Å². The first-order valence-corrected chi connectivity index (χ1v) is 7.02. The molecule has 0 amide bonds. The van der Waals surface area contributed by atoms with Crippen LogP contribution in [0, 0.1) is 5.82 Å². The second kappa shape index (κ2) is 6.12. The average Bonchev–Trinajstić information content (AvgIpc) is 2.68. The molecule has 0 fully saturated rings. The first-order valence-electron chi connectivity index (χ1n) is 6.27. The summed E-state index contributed by atoms with van der Waals surface area (Å²) < 4.78 is 15.3. The second-order valence-corrected chi connectivity index (χ2v) is 5.38. The first-order chi connectivity index (χ1) is 9.43. The third-order valence-electron chi connectivity index (χ3n) is 3.21. The van der Waals surface area contributed by atoms with Gasteiger partial charge in [0.05, 0.1) is 22.5 Å². The van der Waals surface area contributed by atoms with E-state index >= 15 is 0 Å². The summed E-state index contributed by atoms with van der Waals surface area (Å²) in [6.45, 7) is 1.95. The molecule has 0 radical (unpaired) electrons. The Kier molecular flexibility index (Phi) is 4.68. The molecule has 0 bridgehead atoms. The number of aromatic nitrogens is 2. The van der Waals surface area contributed by atoms with Crippen molar-refractivity contribution in [3.63, 3.8) is 0 Å². The maximum atomic E-state index is 13.7. The molecule has 3 nitrogen and oxygen atoms in total. The zero-order chi connectivity index (χ0) is 14.9. The van der Waals surface area contributed by atoms with Gasteiger partial charge in [-0.05, 0) is 24.6 Å². The number of aliphatic hydroxyl groups excluding tert-OH is 1. The maximum absolute atomic E-state index is 13.7. The maximum Gasteiger partial charge on any atom is 0.129 e. The van der Waals surface area contributed by atoms with E-state index in [-0.39, 0.29) is 12.0 Å². The van der Waals surface area contributed by atoms with E-state index in [4.69, 9.17) is 23.2 Å². The Bertz CT molecular complexity index is 628. The van der Waals surface area contributed by atoms with Crippen molar-refractivity contribution in [2.75, 3.05) is 0 Å². The second-order valence-electron chi connectivity index (χ2n) is 4.57. The molecule has 20 heavy (non-hydrogen) atoms. The van der Waals surface area contributed by atoms with E-state index in [1.54, 1.807) is 11.7 Å². The van der Waals surface area contributed by atoms with Crippen LogP contribution in [-0.4, -0.2) is 14.9 Å². The van der Waals surface area contributed by atoms with Gasteiger partial charge in [-0.25, -0.2) is 4.39 Å². The van der Waals surface area contributed by atoms with Gasteiger partial charge in [0.25, 0.3) is 0 Å². The van der Waals surface area contributed by atoms with Gasteiger partial charge < -0.3 is 5.11 Å². The number of hydrogen-bond donors (Lipinski definition) is 1. The monoisotopic (exact) mass is 316 g/mol. The molecule has 0 aliphatic carbocycles. The topological polar surface area (TPSA) is 38.0 Å². The van der Waals surface area contributed by atoms with Crippen molar-refractivity contribution in [1.82, 2.24) is 9.78 Å². The lowest BCUT2D eigenvalue weighted by atomic mass is 10.0. The van der Waals surface area contributed by atoms with Gasteiger partial charge in [-0.1, -0.05) is 30.1 Å². The number of hydrogen-bond acceptors (Lipinski definition) is 2. The highest BCUT2D eigenvalue weighted by Crippen LogP contribution is 2.28. The highest BCUT2D eigenvalue weighted by atomic mass is 35.5. The minimum absolute atomic E-state index is 0.160. The lowest BCUT2D eigenvalue weighted by molar-refractivity contribution is 0.171. The Morgan fingerprint density at radius 2 is 2.10 bits per heavy atom. The molecule has 1 heterocycles. The number of rotatable bonds is 4. The number of benzene rings is 1. The van der Waals surface area contributed by atoms with Gasteiger partial charge in [0.1, 0.15) is 5.82 Å². The standard InChI is InChI=1S/C14H15Cl2FN2O/c1-3-11-14(16)12(19(2)18-11)7-13(20)9-6-8(15)4-5-10(9)17/h4-6,13,20H,3,7H2,1-2H3. The number of aliphatic hydroxyl groups is 1. The molecule has 6 heteroatoms. The minimum Gasteiger partial charge on any atom is -0.388 e. The third kappa shape index (κ3) is 2.97. The molecule has 1 aromatic carbocycles. The van der Waals surface area contributed by atoms with Gasteiger partial charge >= 0.3 is 0 Å². The molecule has 2 rings (SSSR count). The van der Waals surface area contributed by atoms with Crippen LogP contribution < -0.4 is 0 Å². The molecule has 0 saturated heterocycles. The first kappa shape index (κ1) is 15.3. The van der Waals surface area contributed by atoms with Crippen LogP contribution in [0.4, 0.5) is 4.39 Å². The Balaban J connectivity index is 2.30. The minimum atomic E-state index is -1.02. The molecule has 2 aromatic rings. The quantitative estimate of drug-likeness (QED) is 0.933. The van der Waals surface area contributed by atoms with Crippen molar-refractivity contribution >= 4 is 23.2 Å². The largest absolute Gasteiger partial charge is 0.388 e. The number of aryl methyl sites for hydroxylation is 2. The van der Waals surface area contributed by atoms with E-state index in [0.717, 1.165) is 5.69 Å². The Morgan fingerprint density at radius 1 is 1.40 bits per heavy atom. The Labute approximate surface area is 126 Å². The molecule has 1 N–H and O–H groups in total. The summed E-state index contributed by atoms with van der Waals surface area (Å²) in [7, 11) is 1.75. The molecule has 0 aliphatic heterocycles. The molecule has 0 aliphatic rings. The highest BCUT2D eigenvalue weighted by Gasteiger charge is 2.20. The van der Waals surface area contributed by atoms with Crippen LogP contribution in [-0.2, 0) is 19.9 Å². The average molecular weight is 317 g/mol. The summed E-state index contributed by atoms with van der Waals surface area (Å²) in [4.78, 5) is 0. The van der Waals surface area contributed by atoms with Gasteiger partial charge in [0.2, 0.25) is 0 Å². The highest BCUT2D eigenvalue weighted by molar-refractivity contribution is 6.32. The summed E-state index contributed by atoms with van der Waals surface area (Å²) in [6, 6.07) is 4.11. The van der Waals surface area contributed by atoms with Crippen LogP contribution in [0.15, 0.2) is 18.2 Å². The third-order valence-corrected chi connectivity index (χ3v) is 3.88. The van der Waals surface area contributed by atoms with Crippen molar-refractivity contribution in [2.45, 2.75) is 25.9 Å². The van der Waals surface area contributed by atoms with E-state index < -0.39 is 11.9 Å². The van der Waals surface area contributed by atoms with E-state index in [1.807, 2.05) is 6.92 Å². The van der Waals surface area contributed by atoms with Crippen molar-refractivity contribution in [3.05, 3.63) is 51.0 Å². The fraction of sp³-hybridized carbons (Fsp3) is 0.357. The van der Waals surface area contributed by atoms with Gasteiger partial charge in [-0.3, -0.25) is 4.68 Å². The fourth-order valence-corrected chi connectivity index (χ4v) is 2.66. The zero-order valence-corrected chi connectivity index (χ0v) is 12.7. The van der Waals surface area contributed by atoms with Crippen LogP contribution in [0.1, 0.15) is 30.0 Å². The van der Waals surface area contributed by atoms with E-state index in [2.05, 4.69) is 5.10 Å². The van der Waals surface area contributed by atoms with Crippen molar-refractivity contribution in [2.24, 2.45) is 7.05 Å². The van der Waals surface area contributed by atoms with Crippen molar-refractivity contribution in [1.29, 1.82) is 0 Å². The summed E-state index contributed by atoms with van der Waals surface area (Å²) in [5, 5.41) is 15.4. The van der Waals surface area contributed by atoms with Crippen molar-refractivity contribution in [3.8, 4) is 0 Å². The van der Waals surface area contributed by atoms with Crippen LogP contribution in [0.5, 0.6) is 0 Å². The molecule has 0 saturated carbocycles. The van der Waals surface area contributed by atoms with Crippen LogP contribution in [0.3, 0.4) is 0 Å². The van der Waals surface area contributed by atoms with Crippen LogP contribution >= 0.6 is 23.2 Å². The summed E-state index contributed by atoms with van der Waals surface area (Å²) in [6.07, 6.45) is -0.139. The number of halogens is 3. The van der Waals surface area contributed by atoms with Gasteiger partial charge in [0, 0.05) is 24.1 Å². The molecular formula is C14H15Cl2FN2O.